The number of rotatable bonds is 2. The van der Waals surface area contributed by atoms with Crippen molar-refractivity contribution in [2.24, 2.45) is 5.73 Å². The second-order valence-corrected chi connectivity index (χ2v) is 4.53. The number of nitrogens with two attached hydrogens (primary N) is 1. The first-order chi connectivity index (χ1) is 7.40. The van der Waals surface area contributed by atoms with E-state index in [1.165, 1.54) is 30.5 Å². The van der Waals surface area contributed by atoms with Crippen LogP contribution in [0.2, 0.25) is 0 Å². The number of nitrogens with zero attached hydrogens (tertiary/aromatic N) is 2. The first-order valence-electron chi connectivity index (χ1n) is 5.90. The summed E-state index contributed by atoms with van der Waals surface area (Å²) < 4.78 is 2.24. The molecule has 1 saturated carbocycles. The van der Waals surface area contributed by atoms with Crippen molar-refractivity contribution in [1.82, 2.24) is 15.1 Å². The Labute approximate surface area is 89.8 Å². The van der Waals surface area contributed by atoms with Gasteiger partial charge in [0.05, 0.1) is 17.4 Å². The number of aromatic nitrogens is 2. The summed E-state index contributed by atoms with van der Waals surface area (Å²) in [5, 5.41) is 8.10. The molecule has 0 atom stereocenters. The first-order valence-corrected chi connectivity index (χ1v) is 5.90. The lowest BCUT2D eigenvalue weighted by molar-refractivity contribution is 0.278. The monoisotopic (exact) mass is 206 g/mol. The summed E-state index contributed by atoms with van der Waals surface area (Å²) in [4.78, 5) is 0. The highest BCUT2D eigenvalue weighted by Crippen LogP contribution is 2.34. The minimum atomic E-state index is 0.585. The summed E-state index contributed by atoms with van der Waals surface area (Å²) in [6, 6.07) is 0.652. The van der Waals surface area contributed by atoms with Gasteiger partial charge in [0.15, 0.2) is 0 Å². The van der Waals surface area contributed by atoms with Gasteiger partial charge in [-0.1, -0.05) is 0 Å². The molecule has 4 nitrogen and oxygen atoms in total. The molecular weight excluding hydrogens is 188 g/mol. The Bertz CT molecular complexity index is 365. The van der Waals surface area contributed by atoms with Crippen molar-refractivity contribution < 1.29 is 0 Å². The van der Waals surface area contributed by atoms with E-state index < -0.39 is 0 Å². The fourth-order valence-electron chi connectivity index (χ4n) is 2.55. The molecule has 0 unspecified atom stereocenters. The molecular formula is C11H18N4. The minimum absolute atomic E-state index is 0.585. The Balaban J connectivity index is 2.01. The molecule has 1 aromatic heterocycles. The highest BCUT2D eigenvalue weighted by atomic mass is 15.3. The SMILES string of the molecule is NCc1nn(C2CCC2)c2c1CCNC2. The molecule has 1 aromatic rings. The van der Waals surface area contributed by atoms with E-state index in [2.05, 4.69) is 15.1 Å². The van der Waals surface area contributed by atoms with Crippen molar-refractivity contribution >= 4 is 0 Å². The van der Waals surface area contributed by atoms with Gasteiger partial charge in [0.1, 0.15) is 0 Å². The van der Waals surface area contributed by atoms with Crippen molar-refractivity contribution in [2.75, 3.05) is 6.54 Å². The molecule has 0 radical (unpaired) electrons. The maximum Gasteiger partial charge on any atom is 0.0796 e. The Morgan fingerprint density at radius 2 is 2.33 bits per heavy atom. The van der Waals surface area contributed by atoms with E-state index in [-0.39, 0.29) is 0 Å². The van der Waals surface area contributed by atoms with Crippen LogP contribution < -0.4 is 11.1 Å². The molecule has 4 heteroatoms. The Hall–Kier alpha value is -0.870. The third kappa shape index (κ3) is 1.40. The average molecular weight is 206 g/mol. The number of hydrogen-bond donors (Lipinski definition) is 2. The molecule has 0 spiro atoms. The van der Waals surface area contributed by atoms with Crippen molar-refractivity contribution in [1.29, 1.82) is 0 Å². The van der Waals surface area contributed by atoms with Gasteiger partial charge in [-0.2, -0.15) is 5.10 Å². The molecule has 0 saturated heterocycles. The molecule has 82 valence electrons. The predicted molar refractivity (Wildman–Crippen MR) is 58.4 cm³/mol. The molecule has 2 aliphatic rings. The van der Waals surface area contributed by atoms with E-state index in [0.29, 0.717) is 12.6 Å². The van der Waals surface area contributed by atoms with Crippen molar-refractivity contribution in [3.8, 4) is 0 Å². The Morgan fingerprint density at radius 1 is 1.47 bits per heavy atom. The molecule has 2 heterocycles. The van der Waals surface area contributed by atoms with Gasteiger partial charge in [-0.05, 0) is 32.2 Å². The van der Waals surface area contributed by atoms with Crippen LogP contribution in [0.15, 0.2) is 0 Å². The molecule has 3 N–H and O–H groups in total. The number of hydrogen-bond acceptors (Lipinski definition) is 3. The second kappa shape index (κ2) is 3.61. The topological polar surface area (TPSA) is 55.9 Å². The molecule has 0 amide bonds. The maximum atomic E-state index is 5.75. The first kappa shape index (κ1) is 9.36. The van der Waals surface area contributed by atoms with Crippen molar-refractivity contribution in [2.45, 2.75) is 44.8 Å². The molecule has 0 bridgehead atoms. The second-order valence-electron chi connectivity index (χ2n) is 4.53. The molecule has 3 rings (SSSR count). The summed E-state index contributed by atoms with van der Waals surface area (Å²) in [5.41, 5.74) is 9.69. The fraction of sp³-hybridized carbons (Fsp3) is 0.727. The quantitative estimate of drug-likeness (QED) is 0.749. The smallest absolute Gasteiger partial charge is 0.0796 e. The van der Waals surface area contributed by atoms with Gasteiger partial charge in [0, 0.05) is 18.7 Å². The average Bonchev–Trinajstić information content (AvgIpc) is 2.55. The molecule has 1 aliphatic carbocycles. The Kier molecular flexibility index (Phi) is 2.25. The number of fused-ring (bicyclic) bond motifs is 1. The summed E-state index contributed by atoms with van der Waals surface area (Å²) >= 11 is 0. The fourth-order valence-corrected chi connectivity index (χ4v) is 2.55. The standard InChI is InChI=1S/C11H18N4/c12-6-10-9-4-5-13-7-11(9)15(14-10)8-2-1-3-8/h8,13H,1-7,12H2. The van der Waals surface area contributed by atoms with Gasteiger partial charge in [-0.15, -0.1) is 0 Å². The molecule has 1 aliphatic heterocycles. The van der Waals surface area contributed by atoms with Gasteiger partial charge in [0.2, 0.25) is 0 Å². The van der Waals surface area contributed by atoms with Crippen LogP contribution in [0.25, 0.3) is 0 Å². The summed E-state index contributed by atoms with van der Waals surface area (Å²) in [7, 11) is 0. The number of nitrogens with one attached hydrogen (secondary N) is 1. The van der Waals surface area contributed by atoms with Crippen LogP contribution in [0, 0.1) is 0 Å². The molecule has 0 aromatic carbocycles. The van der Waals surface area contributed by atoms with Crippen molar-refractivity contribution in [3.05, 3.63) is 17.0 Å². The van der Waals surface area contributed by atoms with Crippen LogP contribution in [0.1, 0.15) is 42.3 Å². The van der Waals surface area contributed by atoms with E-state index in [9.17, 15) is 0 Å². The van der Waals surface area contributed by atoms with Gasteiger partial charge in [0.25, 0.3) is 0 Å². The lowest BCUT2D eigenvalue weighted by Crippen LogP contribution is -2.28. The largest absolute Gasteiger partial charge is 0.325 e. The van der Waals surface area contributed by atoms with Crippen LogP contribution in [0.3, 0.4) is 0 Å². The maximum absolute atomic E-state index is 5.75. The zero-order chi connectivity index (χ0) is 10.3. The minimum Gasteiger partial charge on any atom is -0.325 e. The predicted octanol–water partition coefficient (Wildman–Crippen LogP) is 0.712. The zero-order valence-electron chi connectivity index (χ0n) is 9.00. The highest BCUT2D eigenvalue weighted by molar-refractivity contribution is 5.29. The summed E-state index contributed by atoms with van der Waals surface area (Å²) in [6.07, 6.45) is 5.02. The lowest BCUT2D eigenvalue weighted by Gasteiger charge is -2.28. The van der Waals surface area contributed by atoms with Gasteiger partial charge in [-0.3, -0.25) is 4.68 Å². The van der Waals surface area contributed by atoms with Crippen LogP contribution in [-0.2, 0) is 19.5 Å². The van der Waals surface area contributed by atoms with Crippen LogP contribution in [0.4, 0.5) is 0 Å². The van der Waals surface area contributed by atoms with E-state index >= 15 is 0 Å². The van der Waals surface area contributed by atoms with Gasteiger partial charge < -0.3 is 11.1 Å². The van der Waals surface area contributed by atoms with E-state index in [1.54, 1.807) is 0 Å². The van der Waals surface area contributed by atoms with Crippen LogP contribution in [-0.4, -0.2) is 16.3 Å². The zero-order valence-corrected chi connectivity index (χ0v) is 9.00. The Morgan fingerprint density at radius 3 is 3.00 bits per heavy atom. The third-order valence-corrected chi connectivity index (χ3v) is 3.66. The normalized spacial score (nSPS) is 21.1. The van der Waals surface area contributed by atoms with E-state index in [4.69, 9.17) is 5.73 Å². The van der Waals surface area contributed by atoms with E-state index in [0.717, 1.165) is 25.2 Å². The van der Waals surface area contributed by atoms with Crippen LogP contribution >= 0.6 is 0 Å². The lowest BCUT2D eigenvalue weighted by atomic mass is 9.93. The summed E-state index contributed by atoms with van der Waals surface area (Å²) in [6.45, 7) is 2.62. The summed E-state index contributed by atoms with van der Waals surface area (Å²) in [5.74, 6) is 0. The van der Waals surface area contributed by atoms with Crippen molar-refractivity contribution in [3.63, 3.8) is 0 Å². The van der Waals surface area contributed by atoms with Crippen LogP contribution in [0.5, 0.6) is 0 Å². The van der Waals surface area contributed by atoms with Gasteiger partial charge in [-0.25, -0.2) is 0 Å². The van der Waals surface area contributed by atoms with E-state index in [1.807, 2.05) is 0 Å². The molecule has 1 fully saturated rings. The molecule has 15 heavy (non-hydrogen) atoms. The van der Waals surface area contributed by atoms with Gasteiger partial charge >= 0.3 is 0 Å². The highest BCUT2D eigenvalue weighted by Gasteiger charge is 2.27. The third-order valence-electron chi connectivity index (χ3n) is 3.66.